The molecule has 4 nitrogen and oxygen atoms in total. The van der Waals surface area contributed by atoms with E-state index in [9.17, 15) is 4.79 Å². The van der Waals surface area contributed by atoms with Crippen molar-refractivity contribution in [3.05, 3.63) is 0 Å². The summed E-state index contributed by atoms with van der Waals surface area (Å²) in [7, 11) is 0. The van der Waals surface area contributed by atoms with Gasteiger partial charge in [-0.1, -0.05) is 26.7 Å². The SMILES string of the molecule is CC(C)CC1CCCC(NCCNC(=O)OC(C)(C)C)C1. The van der Waals surface area contributed by atoms with Crippen LogP contribution in [-0.2, 0) is 4.74 Å². The molecule has 1 rings (SSSR count). The third-order valence-corrected chi connectivity index (χ3v) is 3.81. The van der Waals surface area contributed by atoms with Gasteiger partial charge in [-0.15, -0.1) is 0 Å². The van der Waals surface area contributed by atoms with E-state index >= 15 is 0 Å². The molecular formula is C17H34N2O2. The molecule has 2 atom stereocenters. The lowest BCUT2D eigenvalue weighted by molar-refractivity contribution is 0.0527. The molecular weight excluding hydrogens is 264 g/mol. The highest BCUT2D eigenvalue weighted by Crippen LogP contribution is 2.29. The Balaban J connectivity index is 2.13. The maximum absolute atomic E-state index is 11.5. The van der Waals surface area contributed by atoms with Gasteiger partial charge in [0, 0.05) is 19.1 Å². The van der Waals surface area contributed by atoms with Crippen molar-refractivity contribution in [1.82, 2.24) is 10.6 Å². The molecule has 4 heteroatoms. The van der Waals surface area contributed by atoms with Gasteiger partial charge in [-0.05, 0) is 51.9 Å². The highest BCUT2D eigenvalue weighted by molar-refractivity contribution is 5.67. The van der Waals surface area contributed by atoms with E-state index in [2.05, 4.69) is 24.5 Å². The summed E-state index contributed by atoms with van der Waals surface area (Å²) in [4.78, 5) is 11.5. The van der Waals surface area contributed by atoms with E-state index in [4.69, 9.17) is 4.74 Å². The van der Waals surface area contributed by atoms with Crippen LogP contribution in [-0.4, -0.2) is 30.8 Å². The standard InChI is InChI=1S/C17H34N2O2/c1-13(2)11-14-7-6-8-15(12-14)18-9-10-19-16(20)21-17(3,4)5/h13-15,18H,6-12H2,1-5H3,(H,19,20). The average Bonchev–Trinajstić information content (AvgIpc) is 2.32. The lowest BCUT2D eigenvalue weighted by Crippen LogP contribution is -2.41. The van der Waals surface area contributed by atoms with Crippen molar-refractivity contribution < 1.29 is 9.53 Å². The van der Waals surface area contributed by atoms with Gasteiger partial charge in [-0.2, -0.15) is 0 Å². The second-order valence-corrected chi connectivity index (χ2v) is 7.74. The zero-order valence-electron chi connectivity index (χ0n) is 14.5. The fraction of sp³-hybridized carbons (Fsp3) is 0.941. The van der Waals surface area contributed by atoms with E-state index in [0.29, 0.717) is 12.6 Å². The average molecular weight is 298 g/mol. The molecule has 0 aromatic heterocycles. The zero-order valence-corrected chi connectivity index (χ0v) is 14.5. The molecule has 0 saturated heterocycles. The van der Waals surface area contributed by atoms with Gasteiger partial charge in [-0.3, -0.25) is 0 Å². The Morgan fingerprint density at radius 2 is 1.95 bits per heavy atom. The number of nitrogens with one attached hydrogen (secondary N) is 2. The predicted molar refractivity (Wildman–Crippen MR) is 87.4 cm³/mol. The molecule has 1 amide bonds. The fourth-order valence-electron chi connectivity index (χ4n) is 3.11. The lowest BCUT2D eigenvalue weighted by Gasteiger charge is -2.31. The van der Waals surface area contributed by atoms with Gasteiger partial charge in [0.05, 0.1) is 0 Å². The third kappa shape index (κ3) is 8.97. The van der Waals surface area contributed by atoms with Crippen LogP contribution in [0.25, 0.3) is 0 Å². The Morgan fingerprint density at radius 3 is 2.57 bits per heavy atom. The molecule has 21 heavy (non-hydrogen) atoms. The molecule has 0 aromatic rings. The lowest BCUT2D eigenvalue weighted by atomic mass is 9.81. The summed E-state index contributed by atoms with van der Waals surface area (Å²) in [5, 5.41) is 6.37. The van der Waals surface area contributed by atoms with Crippen LogP contribution in [0.5, 0.6) is 0 Å². The molecule has 0 heterocycles. The first-order valence-corrected chi connectivity index (χ1v) is 8.46. The number of alkyl carbamates (subject to hydrolysis) is 1. The Bertz CT molecular complexity index is 310. The summed E-state index contributed by atoms with van der Waals surface area (Å²) in [5.41, 5.74) is -0.426. The normalized spacial score (nSPS) is 23.1. The molecule has 0 radical (unpaired) electrons. The van der Waals surface area contributed by atoms with Crippen molar-refractivity contribution in [2.24, 2.45) is 11.8 Å². The number of carbonyl (C=O) groups is 1. The second-order valence-electron chi connectivity index (χ2n) is 7.74. The van der Waals surface area contributed by atoms with E-state index < -0.39 is 5.60 Å². The summed E-state index contributed by atoms with van der Waals surface area (Å²) in [6.07, 6.45) is 6.27. The molecule has 2 N–H and O–H groups in total. The van der Waals surface area contributed by atoms with Gasteiger partial charge in [0.15, 0.2) is 0 Å². The largest absolute Gasteiger partial charge is 0.444 e. The maximum Gasteiger partial charge on any atom is 0.407 e. The minimum Gasteiger partial charge on any atom is -0.444 e. The first kappa shape index (κ1) is 18.3. The number of hydrogen-bond acceptors (Lipinski definition) is 3. The molecule has 124 valence electrons. The summed E-state index contributed by atoms with van der Waals surface area (Å²) < 4.78 is 5.21. The molecule has 1 saturated carbocycles. The predicted octanol–water partition coefficient (Wildman–Crippen LogP) is 3.71. The van der Waals surface area contributed by atoms with Crippen molar-refractivity contribution in [1.29, 1.82) is 0 Å². The van der Waals surface area contributed by atoms with Crippen LogP contribution in [0.1, 0.15) is 66.7 Å². The van der Waals surface area contributed by atoms with Crippen LogP contribution in [0.3, 0.4) is 0 Å². The molecule has 0 spiro atoms. The van der Waals surface area contributed by atoms with E-state index in [1.54, 1.807) is 0 Å². The first-order chi connectivity index (χ1) is 9.76. The van der Waals surface area contributed by atoms with Crippen molar-refractivity contribution >= 4 is 6.09 Å². The van der Waals surface area contributed by atoms with Crippen LogP contribution in [0.15, 0.2) is 0 Å². The number of carbonyl (C=O) groups excluding carboxylic acids is 1. The minimum absolute atomic E-state index is 0.328. The van der Waals surface area contributed by atoms with Crippen molar-refractivity contribution in [3.63, 3.8) is 0 Å². The number of hydrogen-bond donors (Lipinski definition) is 2. The number of amides is 1. The van der Waals surface area contributed by atoms with Crippen LogP contribution in [0, 0.1) is 11.8 Å². The summed E-state index contributed by atoms with van der Waals surface area (Å²) >= 11 is 0. The summed E-state index contributed by atoms with van der Waals surface area (Å²) in [6.45, 7) is 11.7. The molecule has 0 aromatic carbocycles. The van der Waals surface area contributed by atoms with Crippen molar-refractivity contribution in [2.75, 3.05) is 13.1 Å². The molecule has 2 unspecified atom stereocenters. The topological polar surface area (TPSA) is 50.4 Å². The van der Waals surface area contributed by atoms with E-state index in [1.165, 1.54) is 32.1 Å². The van der Waals surface area contributed by atoms with Gasteiger partial charge in [0.2, 0.25) is 0 Å². The van der Waals surface area contributed by atoms with Crippen molar-refractivity contribution in [2.45, 2.75) is 78.4 Å². The Labute approximate surface area is 130 Å². The highest BCUT2D eigenvalue weighted by atomic mass is 16.6. The van der Waals surface area contributed by atoms with Gasteiger partial charge < -0.3 is 15.4 Å². The van der Waals surface area contributed by atoms with Crippen LogP contribution in [0.4, 0.5) is 4.79 Å². The Kier molecular flexibility index (Phi) is 7.50. The Morgan fingerprint density at radius 1 is 1.24 bits per heavy atom. The van der Waals surface area contributed by atoms with Gasteiger partial charge in [0.25, 0.3) is 0 Å². The van der Waals surface area contributed by atoms with Gasteiger partial charge in [0.1, 0.15) is 5.60 Å². The molecule has 0 bridgehead atoms. The van der Waals surface area contributed by atoms with Crippen molar-refractivity contribution in [3.8, 4) is 0 Å². The molecule has 1 aliphatic rings. The quantitative estimate of drug-likeness (QED) is 0.735. The van der Waals surface area contributed by atoms with Gasteiger partial charge in [-0.25, -0.2) is 4.79 Å². The Hall–Kier alpha value is -0.770. The minimum atomic E-state index is -0.426. The fourth-order valence-corrected chi connectivity index (χ4v) is 3.11. The molecule has 1 fully saturated rings. The van der Waals surface area contributed by atoms with Crippen LogP contribution >= 0.6 is 0 Å². The monoisotopic (exact) mass is 298 g/mol. The first-order valence-electron chi connectivity index (χ1n) is 8.46. The molecule has 1 aliphatic carbocycles. The number of rotatable bonds is 6. The van der Waals surface area contributed by atoms with E-state index in [1.807, 2.05) is 20.8 Å². The van der Waals surface area contributed by atoms with E-state index in [0.717, 1.165) is 18.4 Å². The van der Waals surface area contributed by atoms with Gasteiger partial charge >= 0.3 is 6.09 Å². The van der Waals surface area contributed by atoms with Crippen LogP contribution in [0.2, 0.25) is 0 Å². The maximum atomic E-state index is 11.5. The summed E-state index contributed by atoms with van der Waals surface area (Å²) in [5.74, 6) is 1.66. The number of ether oxygens (including phenoxy) is 1. The third-order valence-electron chi connectivity index (χ3n) is 3.81. The van der Waals surface area contributed by atoms with E-state index in [-0.39, 0.29) is 6.09 Å². The highest BCUT2D eigenvalue weighted by Gasteiger charge is 2.22. The smallest absolute Gasteiger partial charge is 0.407 e. The molecule has 0 aliphatic heterocycles. The summed E-state index contributed by atoms with van der Waals surface area (Å²) in [6, 6.07) is 0.614. The second kappa shape index (κ2) is 8.62. The van der Waals surface area contributed by atoms with Crippen LogP contribution < -0.4 is 10.6 Å². The zero-order chi connectivity index (χ0) is 15.9.